The van der Waals surface area contributed by atoms with E-state index < -0.39 is 5.97 Å². The highest BCUT2D eigenvalue weighted by atomic mass is 35.5. The molecule has 3 rings (SSSR count). The first kappa shape index (κ1) is 22.1. The average Bonchev–Trinajstić information content (AvgIpc) is 2.79. The average molecular weight is 437 g/mol. The Morgan fingerprint density at radius 1 is 0.968 bits per heavy atom. The van der Waals surface area contributed by atoms with E-state index in [4.69, 9.17) is 21.1 Å². The lowest BCUT2D eigenvalue weighted by Gasteiger charge is -2.06. The summed E-state index contributed by atoms with van der Waals surface area (Å²) in [4.78, 5) is 24.3. The smallest absolute Gasteiger partial charge is 0.345 e. The third-order valence-corrected chi connectivity index (χ3v) is 4.48. The monoisotopic (exact) mass is 436 g/mol. The Bertz CT molecular complexity index is 1060. The Morgan fingerprint density at radius 3 is 2.32 bits per heavy atom. The third kappa shape index (κ3) is 6.42. The number of ether oxygens (including phenoxy) is 2. The summed E-state index contributed by atoms with van der Waals surface area (Å²) in [6, 6.07) is 20.2. The fraction of sp³-hybridized carbons (Fsp3) is 0.125. The number of benzene rings is 3. The number of nitrogens with zero attached hydrogens (tertiary/aromatic N) is 1. The van der Waals surface area contributed by atoms with Gasteiger partial charge < -0.3 is 9.47 Å². The predicted molar refractivity (Wildman–Crippen MR) is 120 cm³/mol. The molecular weight excluding hydrogens is 416 g/mol. The number of carbonyl (C=O) groups is 2. The molecule has 0 unspecified atom stereocenters. The van der Waals surface area contributed by atoms with Gasteiger partial charge in [-0.05, 0) is 72.6 Å². The normalized spacial score (nSPS) is 10.6. The maximum absolute atomic E-state index is 12.2. The summed E-state index contributed by atoms with van der Waals surface area (Å²) in [5.74, 6) is 0.225. The lowest BCUT2D eigenvalue weighted by atomic mass is 10.2. The molecule has 1 amide bonds. The van der Waals surface area contributed by atoms with E-state index in [9.17, 15) is 9.59 Å². The van der Waals surface area contributed by atoms with Gasteiger partial charge in [-0.15, -0.1) is 0 Å². The molecular formula is C24H21ClN2O4. The second-order valence-corrected chi connectivity index (χ2v) is 6.92. The molecule has 0 aliphatic carbocycles. The van der Waals surface area contributed by atoms with Gasteiger partial charge in [-0.1, -0.05) is 30.7 Å². The van der Waals surface area contributed by atoms with Gasteiger partial charge in [0.1, 0.15) is 11.5 Å². The Morgan fingerprint density at radius 2 is 1.65 bits per heavy atom. The molecule has 0 aliphatic heterocycles. The summed E-state index contributed by atoms with van der Waals surface area (Å²) >= 11 is 6.01. The van der Waals surface area contributed by atoms with Crippen molar-refractivity contribution in [3.05, 3.63) is 94.5 Å². The molecule has 0 fully saturated rings. The van der Waals surface area contributed by atoms with Crippen molar-refractivity contribution in [3.8, 4) is 11.5 Å². The molecule has 158 valence electrons. The van der Waals surface area contributed by atoms with Crippen LogP contribution in [0.4, 0.5) is 0 Å². The van der Waals surface area contributed by atoms with Crippen molar-refractivity contribution in [1.82, 2.24) is 5.43 Å². The van der Waals surface area contributed by atoms with E-state index in [1.165, 1.54) is 6.21 Å². The largest absolute Gasteiger partial charge is 0.494 e. The van der Waals surface area contributed by atoms with E-state index in [1.807, 2.05) is 6.92 Å². The van der Waals surface area contributed by atoms with Crippen LogP contribution in [0, 0.1) is 0 Å². The number of carbonyl (C=O) groups excluding carboxylic acids is 2. The number of halogens is 1. The van der Waals surface area contributed by atoms with Crippen molar-refractivity contribution in [2.75, 3.05) is 6.61 Å². The van der Waals surface area contributed by atoms with E-state index in [0.717, 1.165) is 17.7 Å². The first-order valence-electron chi connectivity index (χ1n) is 9.70. The fourth-order valence-electron chi connectivity index (χ4n) is 2.56. The summed E-state index contributed by atoms with van der Waals surface area (Å²) in [6.45, 7) is 2.66. The van der Waals surface area contributed by atoms with Crippen molar-refractivity contribution in [2.24, 2.45) is 5.10 Å². The SMILES string of the molecule is CCCOc1ccc(C(=O)N/N=C\c2ccc(OC(=O)c3ccccc3Cl)cc2)cc1. The highest BCUT2D eigenvalue weighted by Gasteiger charge is 2.12. The molecule has 0 aliphatic rings. The number of esters is 1. The molecule has 6 nitrogen and oxygen atoms in total. The Labute approximate surface area is 185 Å². The number of hydrogen-bond donors (Lipinski definition) is 1. The molecule has 31 heavy (non-hydrogen) atoms. The zero-order chi connectivity index (χ0) is 22.1. The second-order valence-electron chi connectivity index (χ2n) is 6.51. The second kappa shape index (κ2) is 10.9. The van der Waals surface area contributed by atoms with Crippen molar-refractivity contribution in [3.63, 3.8) is 0 Å². The van der Waals surface area contributed by atoms with Gasteiger partial charge in [0, 0.05) is 5.56 Å². The van der Waals surface area contributed by atoms with Gasteiger partial charge in [-0.2, -0.15) is 5.10 Å². The Hall–Kier alpha value is -3.64. The molecule has 0 saturated heterocycles. The maximum atomic E-state index is 12.2. The highest BCUT2D eigenvalue weighted by Crippen LogP contribution is 2.19. The minimum atomic E-state index is -0.537. The van der Waals surface area contributed by atoms with Crippen LogP contribution in [0.25, 0.3) is 0 Å². The summed E-state index contributed by atoms with van der Waals surface area (Å²) in [5.41, 5.74) is 3.97. The minimum Gasteiger partial charge on any atom is -0.494 e. The molecule has 0 heterocycles. The van der Waals surface area contributed by atoms with E-state index in [2.05, 4.69) is 10.5 Å². The van der Waals surface area contributed by atoms with Crippen LogP contribution in [-0.4, -0.2) is 24.7 Å². The maximum Gasteiger partial charge on any atom is 0.345 e. The number of hydrazone groups is 1. The number of nitrogens with one attached hydrogen (secondary N) is 1. The topological polar surface area (TPSA) is 77.0 Å². The van der Waals surface area contributed by atoms with Gasteiger partial charge in [-0.25, -0.2) is 10.2 Å². The first-order chi connectivity index (χ1) is 15.1. The van der Waals surface area contributed by atoms with Crippen LogP contribution in [0.3, 0.4) is 0 Å². The van der Waals surface area contributed by atoms with Crippen LogP contribution >= 0.6 is 11.6 Å². The molecule has 3 aromatic rings. The Kier molecular flexibility index (Phi) is 7.79. The minimum absolute atomic E-state index is 0.294. The van der Waals surface area contributed by atoms with Crippen molar-refractivity contribution in [2.45, 2.75) is 13.3 Å². The van der Waals surface area contributed by atoms with Crippen LogP contribution in [-0.2, 0) is 0 Å². The molecule has 0 spiro atoms. The standard InChI is InChI=1S/C24H21ClN2O4/c1-2-15-30-19-13-9-18(10-14-19)23(28)27-26-16-17-7-11-20(12-8-17)31-24(29)21-5-3-4-6-22(21)25/h3-14,16H,2,15H2,1H3,(H,27,28)/b26-16-. The van der Waals surface area contributed by atoms with E-state index >= 15 is 0 Å². The van der Waals surface area contributed by atoms with Gasteiger partial charge in [0.05, 0.1) is 23.4 Å². The van der Waals surface area contributed by atoms with E-state index in [-0.39, 0.29) is 5.91 Å². The van der Waals surface area contributed by atoms with Crippen LogP contribution < -0.4 is 14.9 Å². The zero-order valence-corrected chi connectivity index (χ0v) is 17.6. The summed E-state index contributed by atoms with van der Waals surface area (Å²) in [7, 11) is 0. The first-order valence-corrected chi connectivity index (χ1v) is 10.1. The van der Waals surface area contributed by atoms with Crippen molar-refractivity contribution in [1.29, 1.82) is 0 Å². The predicted octanol–water partition coefficient (Wildman–Crippen LogP) is 5.11. The quantitative estimate of drug-likeness (QED) is 0.230. The molecule has 1 N–H and O–H groups in total. The summed E-state index contributed by atoms with van der Waals surface area (Å²) in [5, 5.41) is 4.29. The highest BCUT2D eigenvalue weighted by molar-refractivity contribution is 6.33. The molecule has 0 aromatic heterocycles. The number of rotatable bonds is 8. The van der Waals surface area contributed by atoms with Crippen LogP contribution in [0.5, 0.6) is 11.5 Å². The molecule has 3 aromatic carbocycles. The summed E-state index contributed by atoms with van der Waals surface area (Å²) < 4.78 is 10.8. The lowest BCUT2D eigenvalue weighted by molar-refractivity contribution is 0.0734. The van der Waals surface area contributed by atoms with Crippen molar-refractivity contribution >= 4 is 29.7 Å². The van der Waals surface area contributed by atoms with Gasteiger partial charge in [0.15, 0.2) is 0 Å². The van der Waals surface area contributed by atoms with Crippen LogP contribution in [0.2, 0.25) is 5.02 Å². The van der Waals surface area contributed by atoms with Gasteiger partial charge in [0.25, 0.3) is 5.91 Å². The zero-order valence-electron chi connectivity index (χ0n) is 16.9. The van der Waals surface area contributed by atoms with E-state index in [1.54, 1.807) is 72.8 Å². The molecule has 7 heteroatoms. The summed E-state index contributed by atoms with van der Waals surface area (Å²) in [6.07, 6.45) is 2.41. The fourth-order valence-corrected chi connectivity index (χ4v) is 2.78. The van der Waals surface area contributed by atoms with Crippen LogP contribution in [0.1, 0.15) is 39.6 Å². The van der Waals surface area contributed by atoms with Gasteiger partial charge >= 0.3 is 5.97 Å². The van der Waals surface area contributed by atoms with E-state index in [0.29, 0.717) is 28.5 Å². The van der Waals surface area contributed by atoms with Crippen molar-refractivity contribution < 1.29 is 19.1 Å². The number of hydrogen-bond acceptors (Lipinski definition) is 5. The third-order valence-electron chi connectivity index (χ3n) is 4.15. The van der Waals surface area contributed by atoms with Crippen LogP contribution in [0.15, 0.2) is 77.9 Å². The van der Waals surface area contributed by atoms with Gasteiger partial charge in [-0.3, -0.25) is 4.79 Å². The number of amides is 1. The molecule has 0 atom stereocenters. The molecule has 0 radical (unpaired) electrons. The van der Waals surface area contributed by atoms with Gasteiger partial charge in [0.2, 0.25) is 0 Å². The molecule has 0 bridgehead atoms. The Balaban J connectivity index is 1.53. The molecule has 0 saturated carbocycles. The lowest BCUT2D eigenvalue weighted by Crippen LogP contribution is -2.17.